The van der Waals surface area contributed by atoms with E-state index in [-0.39, 0.29) is 0 Å². The van der Waals surface area contributed by atoms with Crippen LogP contribution in [-0.4, -0.2) is 9.36 Å². The van der Waals surface area contributed by atoms with Gasteiger partial charge in [0.05, 0.1) is 0 Å². The third-order valence-electron chi connectivity index (χ3n) is 4.19. The fraction of sp³-hybridized carbons (Fsp3) is 0.846. The molecule has 2 fully saturated rings. The summed E-state index contributed by atoms with van der Waals surface area (Å²) < 4.78 is 4.58. The second-order valence-corrected chi connectivity index (χ2v) is 6.12. The van der Waals surface area contributed by atoms with Crippen molar-refractivity contribution in [2.24, 2.45) is 5.92 Å². The van der Waals surface area contributed by atoms with Crippen molar-refractivity contribution in [1.29, 1.82) is 0 Å². The van der Waals surface area contributed by atoms with E-state index in [1.165, 1.54) is 50.0 Å². The van der Waals surface area contributed by atoms with Crippen molar-refractivity contribution >= 4 is 11.5 Å². The molecule has 1 aromatic rings. The third kappa shape index (κ3) is 2.02. The zero-order chi connectivity index (χ0) is 11.0. The third-order valence-corrected chi connectivity index (χ3v) is 5.08. The molecule has 0 aromatic carbocycles. The second kappa shape index (κ2) is 4.44. The van der Waals surface area contributed by atoms with E-state index in [0.29, 0.717) is 5.92 Å². The fourth-order valence-electron chi connectivity index (χ4n) is 2.93. The lowest BCUT2D eigenvalue weighted by molar-refractivity contribution is 0.442. The van der Waals surface area contributed by atoms with Crippen molar-refractivity contribution in [2.45, 2.75) is 63.7 Å². The Hall–Kier alpha value is -0.440. The Morgan fingerprint density at radius 3 is 2.75 bits per heavy atom. The van der Waals surface area contributed by atoms with Crippen molar-refractivity contribution in [3.05, 3.63) is 10.8 Å². The Morgan fingerprint density at radius 1 is 1.25 bits per heavy atom. The molecule has 1 aromatic heterocycles. The lowest BCUT2D eigenvalue weighted by Crippen LogP contribution is -2.04. The van der Waals surface area contributed by atoms with Gasteiger partial charge in [0.25, 0.3) is 0 Å². The molecule has 2 aliphatic rings. The van der Waals surface area contributed by atoms with Crippen molar-refractivity contribution in [3.8, 4) is 0 Å². The zero-order valence-corrected chi connectivity index (χ0v) is 10.8. The Bertz CT molecular complexity index is 355. The predicted molar refractivity (Wildman–Crippen MR) is 66.9 cm³/mol. The molecular formula is C13H20N2S. The van der Waals surface area contributed by atoms with Gasteiger partial charge in [0.1, 0.15) is 10.8 Å². The van der Waals surface area contributed by atoms with Crippen molar-refractivity contribution < 1.29 is 0 Å². The van der Waals surface area contributed by atoms with Gasteiger partial charge in [0, 0.05) is 11.8 Å². The highest BCUT2D eigenvalue weighted by molar-refractivity contribution is 7.05. The highest BCUT2D eigenvalue weighted by Crippen LogP contribution is 2.49. The molecule has 0 unspecified atom stereocenters. The van der Waals surface area contributed by atoms with Crippen LogP contribution in [0.5, 0.6) is 0 Å². The predicted octanol–water partition coefficient (Wildman–Crippen LogP) is 4.10. The van der Waals surface area contributed by atoms with Crippen LogP contribution in [0.1, 0.15) is 74.5 Å². The van der Waals surface area contributed by atoms with Gasteiger partial charge in [-0.05, 0) is 36.7 Å². The first-order valence-corrected chi connectivity index (χ1v) is 7.49. The van der Waals surface area contributed by atoms with E-state index >= 15 is 0 Å². The minimum Gasteiger partial charge on any atom is -0.224 e. The van der Waals surface area contributed by atoms with Crippen LogP contribution in [-0.2, 0) is 0 Å². The number of rotatable bonds is 3. The van der Waals surface area contributed by atoms with Gasteiger partial charge in [-0.2, -0.15) is 4.37 Å². The molecule has 2 atom stereocenters. The smallest absolute Gasteiger partial charge is 0.145 e. The Labute approximate surface area is 102 Å². The van der Waals surface area contributed by atoms with Gasteiger partial charge in [0.2, 0.25) is 0 Å². The molecule has 3 heteroatoms. The van der Waals surface area contributed by atoms with Gasteiger partial charge >= 0.3 is 0 Å². The monoisotopic (exact) mass is 236 g/mol. The first kappa shape index (κ1) is 10.7. The largest absolute Gasteiger partial charge is 0.224 e. The van der Waals surface area contributed by atoms with Gasteiger partial charge in [0.15, 0.2) is 0 Å². The molecular weight excluding hydrogens is 216 g/mol. The summed E-state index contributed by atoms with van der Waals surface area (Å²) in [6, 6.07) is 0. The highest BCUT2D eigenvalue weighted by Gasteiger charge is 2.39. The maximum absolute atomic E-state index is 4.80. The van der Waals surface area contributed by atoms with Crippen molar-refractivity contribution in [3.63, 3.8) is 0 Å². The minimum absolute atomic E-state index is 0.707. The molecule has 0 saturated heterocycles. The first-order valence-electron chi connectivity index (χ1n) is 6.72. The lowest BCUT2D eigenvalue weighted by Gasteiger charge is -2.18. The summed E-state index contributed by atoms with van der Waals surface area (Å²) in [7, 11) is 0. The average Bonchev–Trinajstić information content (AvgIpc) is 2.98. The van der Waals surface area contributed by atoms with E-state index in [0.717, 1.165) is 17.7 Å². The van der Waals surface area contributed by atoms with E-state index in [9.17, 15) is 0 Å². The van der Waals surface area contributed by atoms with Crippen LogP contribution in [0, 0.1) is 5.92 Å². The summed E-state index contributed by atoms with van der Waals surface area (Å²) in [5.74, 6) is 3.49. The van der Waals surface area contributed by atoms with Crippen LogP contribution in [0.4, 0.5) is 0 Å². The molecule has 88 valence electrons. The Morgan fingerprint density at radius 2 is 2.06 bits per heavy atom. The van der Waals surface area contributed by atoms with Gasteiger partial charge in [-0.1, -0.05) is 32.6 Å². The van der Waals surface area contributed by atoms with Crippen LogP contribution in [0.2, 0.25) is 0 Å². The number of hydrogen-bond donors (Lipinski definition) is 0. The van der Waals surface area contributed by atoms with E-state index in [1.807, 2.05) is 0 Å². The summed E-state index contributed by atoms with van der Waals surface area (Å²) in [6.45, 7) is 2.28. The number of nitrogens with zero attached hydrogens (tertiary/aromatic N) is 2. The SMILES string of the molecule is CC[C@@H]1C[C@H]1c1nsc(C2CCCCC2)n1. The average molecular weight is 236 g/mol. The highest BCUT2D eigenvalue weighted by atomic mass is 32.1. The van der Waals surface area contributed by atoms with E-state index in [2.05, 4.69) is 11.3 Å². The van der Waals surface area contributed by atoms with E-state index in [4.69, 9.17) is 4.98 Å². The maximum atomic E-state index is 4.80. The summed E-state index contributed by atoms with van der Waals surface area (Å²) in [5, 5.41) is 1.33. The standard InChI is InChI=1S/C13H20N2S/c1-2-9-8-11(9)12-14-13(16-15-12)10-6-4-3-5-7-10/h9-11H,2-8H2,1H3/t9-,11-/m1/s1. The molecule has 2 nitrogen and oxygen atoms in total. The summed E-state index contributed by atoms with van der Waals surface area (Å²) >= 11 is 1.68. The van der Waals surface area contributed by atoms with Crippen molar-refractivity contribution in [2.75, 3.05) is 0 Å². The molecule has 3 rings (SSSR count). The summed E-state index contributed by atoms with van der Waals surface area (Å²) in [6.07, 6.45) is 9.51. The molecule has 0 bridgehead atoms. The molecule has 0 spiro atoms. The van der Waals surface area contributed by atoms with Gasteiger partial charge < -0.3 is 0 Å². The van der Waals surface area contributed by atoms with Crippen LogP contribution in [0.3, 0.4) is 0 Å². The minimum atomic E-state index is 0.707. The summed E-state index contributed by atoms with van der Waals surface area (Å²) in [4.78, 5) is 4.80. The van der Waals surface area contributed by atoms with E-state index < -0.39 is 0 Å². The Balaban J connectivity index is 1.68. The van der Waals surface area contributed by atoms with Crippen LogP contribution in [0.25, 0.3) is 0 Å². The van der Waals surface area contributed by atoms with Crippen LogP contribution in [0.15, 0.2) is 0 Å². The van der Waals surface area contributed by atoms with Crippen molar-refractivity contribution in [1.82, 2.24) is 9.36 Å². The molecule has 2 saturated carbocycles. The van der Waals surface area contributed by atoms with E-state index in [1.54, 1.807) is 11.5 Å². The normalized spacial score (nSPS) is 30.6. The molecule has 16 heavy (non-hydrogen) atoms. The molecule has 0 N–H and O–H groups in total. The lowest BCUT2D eigenvalue weighted by atomic mass is 9.90. The molecule has 0 aliphatic heterocycles. The maximum Gasteiger partial charge on any atom is 0.145 e. The summed E-state index contributed by atoms with van der Waals surface area (Å²) in [5.41, 5.74) is 0. The molecule has 2 aliphatic carbocycles. The number of hydrogen-bond acceptors (Lipinski definition) is 3. The fourth-order valence-corrected chi connectivity index (χ4v) is 3.81. The van der Waals surface area contributed by atoms with Gasteiger partial charge in [-0.15, -0.1) is 0 Å². The molecule has 0 radical (unpaired) electrons. The molecule has 1 heterocycles. The van der Waals surface area contributed by atoms with Gasteiger partial charge in [-0.25, -0.2) is 4.98 Å². The number of aromatic nitrogens is 2. The van der Waals surface area contributed by atoms with Crippen LogP contribution >= 0.6 is 11.5 Å². The first-order chi connectivity index (χ1) is 7.88. The zero-order valence-electron chi connectivity index (χ0n) is 9.98. The second-order valence-electron chi connectivity index (χ2n) is 5.34. The topological polar surface area (TPSA) is 25.8 Å². The quantitative estimate of drug-likeness (QED) is 0.789. The Kier molecular flexibility index (Phi) is 2.97. The van der Waals surface area contributed by atoms with Gasteiger partial charge in [-0.3, -0.25) is 0 Å². The molecule has 0 amide bonds. The van der Waals surface area contributed by atoms with Crippen LogP contribution < -0.4 is 0 Å².